The molecule has 1 aromatic carbocycles. The first-order valence-corrected chi connectivity index (χ1v) is 9.23. The quantitative estimate of drug-likeness (QED) is 0.408. The molecule has 0 aliphatic heterocycles. The maximum absolute atomic E-state index is 7.05. The molecule has 3 aliphatic carbocycles. The third-order valence-corrected chi connectivity index (χ3v) is 7.31. The van der Waals surface area contributed by atoms with Gasteiger partial charge < -0.3 is 0 Å². The molecule has 0 N–H and O–H groups in total. The minimum absolute atomic E-state index is 0.164. The van der Waals surface area contributed by atoms with Crippen molar-refractivity contribution >= 4 is 17.1 Å². The second kappa shape index (κ2) is 4.72. The van der Waals surface area contributed by atoms with Gasteiger partial charge in [-0.15, -0.1) is 9.24 Å². The molecule has 1 saturated carbocycles. The number of rotatable bonds is 1. The highest BCUT2D eigenvalue weighted by molar-refractivity contribution is 7.16. The van der Waals surface area contributed by atoms with E-state index in [4.69, 9.17) is 7.85 Å². The molecule has 0 amide bonds. The molecule has 2 radical (unpaired) electrons. The van der Waals surface area contributed by atoms with Crippen LogP contribution in [0.25, 0.3) is 0 Å². The van der Waals surface area contributed by atoms with E-state index in [2.05, 4.69) is 34.4 Å². The van der Waals surface area contributed by atoms with Crippen LogP contribution in [0.5, 0.6) is 0 Å². The Labute approximate surface area is 132 Å². The van der Waals surface area contributed by atoms with Crippen molar-refractivity contribution in [2.75, 3.05) is 6.16 Å². The fraction of sp³-hybridized carbons (Fsp3) is 0.579. The first-order valence-electron chi connectivity index (χ1n) is 8.42. The molecule has 0 nitrogen and oxygen atoms in total. The summed E-state index contributed by atoms with van der Waals surface area (Å²) in [5.41, 5.74) is 8.23. The van der Waals surface area contributed by atoms with Crippen molar-refractivity contribution in [3.63, 3.8) is 0 Å². The van der Waals surface area contributed by atoms with Crippen molar-refractivity contribution in [3.05, 3.63) is 46.0 Å². The molecule has 0 spiro atoms. The molecule has 0 heterocycles. The zero-order valence-electron chi connectivity index (χ0n) is 13.0. The molecule has 1 aromatic rings. The highest BCUT2D eigenvalue weighted by Crippen LogP contribution is 2.59. The summed E-state index contributed by atoms with van der Waals surface area (Å²) in [4.78, 5) is 0. The highest BCUT2D eigenvalue weighted by Gasteiger charge is 2.49. The van der Waals surface area contributed by atoms with Gasteiger partial charge >= 0.3 is 0 Å². The third kappa shape index (κ3) is 1.80. The monoisotopic (exact) mass is 294 g/mol. The maximum Gasteiger partial charge on any atom is 0.0870 e. The summed E-state index contributed by atoms with van der Waals surface area (Å²) in [6.07, 6.45) is 10.1. The van der Waals surface area contributed by atoms with E-state index < -0.39 is 0 Å². The molecule has 21 heavy (non-hydrogen) atoms. The van der Waals surface area contributed by atoms with Gasteiger partial charge in [-0.25, -0.2) is 0 Å². The molecular weight excluding hydrogens is 270 g/mol. The number of allylic oxidation sites excluding steroid dienone is 2. The summed E-state index contributed by atoms with van der Waals surface area (Å²) in [5.74, 6) is 0. The fourth-order valence-electron chi connectivity index (χ4n) is 5.32. The summed E-state index contributed by atoms with van der Waals surface area (Å²) >= 11 is 0. The lowest BCUT2D eigenvalue weighted by molar-refractivity contribution is 0.314. The van der Waals surface area contributed by atoms with Crippen LogP contribution >= 0.6 is 9.24 Å². The minimum atomic E-state index is -0.164. The number of benzene rings is 1. The van der Waals surface area contributed by atoms with Crippen molar-refractivity contribution < 1.29 is 0 Å². The van der Waals surface area contributed by atoms with E-state index in [-0.39, 0.29) is 5.31 Å². The van der Waals surface area contributed by atoms with Crippen molar-refractivity contribution in [2.24, 2.45) is 5.41 Å². The molecule has 4 rings (SSSR count). The predicted molar refractivity (Wildman–Crippen MR) is 94.1 cm³/mol. The van der Waals surface area contributed by atoms with Crippen LogP contribution in [-0.4, -0.2) is 14.0 Å². The Morgan fingerprint density at radius 1 is 1.10 bits per heavy atom. The zero-order chi connectivity index (χ0) is 14.7. The zero-order valence-corrected chi connectivity index (χ0v) is 14.2. The molecule has 0 bridgehead atoms. The summed E-state index contributed by atoms with van der Waals surface area (Å²) < 4.78 is 0. The Bertz CT molecular complexity index is 632. The number of aryl methyl sites for hydroxylation is 1. The lowest BCUT2D eigenvalue weighted by Crippen LogP contribution is -2.42. The lowest BCUT2D eigenvalue weighted by atomic mass is 9.47. The molecule has 0 aromatic heterocycles. The van der Waals surface area contributed by atoms with E-state index in [1.807, 2.05) is 0 Å². The van der Waals surface area contributed by atoms with Crippen LogP contribution in [0.1, 0.15) is 55.2 Å². The van der Waals surface area contributed by atoms with Gasteiger partial charge in [0, 0.05) is 0 Å². The van der Waals surface area contributed by atoms with Crippen LogP contribution in [0.4, 0.5) is 0 Å². The van der Waals surface area contributed by atoms with Gasteiger partial charge in [0.15, 0.2) is 0 Å². The molecule has 0 saturated heterocycles. The Morgan fingerprint density at radius 3 is 2.76 bits per heavy atom. The van der Waals surface area contributed by atoms with Crippen LogP contribution < -0.4 is 0 Å². The minimum Gasteiger partial charge on any atom is -0.137 e. The predicted octanol–water partition coefficient (Wildman–Crippen LogP) is 4.44. The molecule has 108 valence electrons. The Hall–Kier alpha value is -0.545. The summed E-state index contributed by atoms with van der Waals surface area (Å²) in [5, 5.41) is -0.164. The van der Waals surface area contributed by atoms with Gasteiger partial charge in [-0.1, -0.05) is 29.3 Å². The number of fused-ring (bicyclic) bond motifs is 4. The summed E-state index contributed by atoms with van der Waals surface area (Å²) in [7, 11) is 10.1. The van der Waals surface area contributed by atoms with E-state index in [0.717, 1.165) is 6.42 Å². The summed E-state index contributed by atoms with van der Waals surface area (Å²) in [6, 6.07) is 6.74. The second-order valence-corrected chi connectivity index (χ2v) is 7.78. The average Bonchev–Trinajstić information content (AvgIpc) is 2.92. The van der Waals surface area contributed by atoms with Crippen LogP contribution in [0, 0.1) is 12.3 Å². The number of hydrogen-bond donors (Lipinski definition) is 0. The fourth-order valence-corrected chi connectivity index (χ4v) is 5.98. The van der Waals surface area contributed by atoms with Gasteiger partial charge in [0.05, 0.1) is 7.85 Å². The Balaban J connectivity index is 1.93. The van der Waals surface area contributed by atoms with E-state index >= 15 is 0 Å². The van der Waals surface area contributed by atoms with Crippen LogP contribution in [0.15, 0.2) is 29.3 Å². The molecule has 3 atom stereocenters. The SMILES string of the molecule is [B][C@]12CC[C@]3(CP)CCCC3=C1CCc1c(C)cccc12. The first-order chi connectivity index (χ1) is 10.1. The highest BCUT2D eigenvalue weighted by atomic mass is 31.0. The normalized spacial score (nSPS) is 34.4. The standard InChI is InChI=1S/C19H24BP/c1-13-4-2-5-15-14(13)7-8-17-16-6-3-9-18(16,12-21)10-11-19(15,17)20/h2,4-5H,3,6-12,21H2,1H3/t18-,19-/m0/s1. The van der Waals surface area contributed by atoms with Crippen molar-refractivity contribution in [1.82, 2.24) is 0 Å². The summed E-state index contributed by atoms with van der Waals surface area (Å²) in [6.45, 7) is 2.24. The third-order valence-electron chi connectivity index (χ3n) is 6.53. The van der Waals surface area contributed by atoms with Gasteiger partial charge in [0.2, 0.25) is 0 Å². The molecule has 1 fully saturated rings. The Kier molecular flexibility index (Phi) is 3.17. The van der Waals surface area contributed by atoms with Gasteiger partial charge in [-0.2, -0.15) is 0 Å². The maximum atomic E-state index is 7.05. The van der Waals surface area contributed by atoms with Gasteiger partial charge in [0.1, 0.15) is 0 Å². The van der Waals surface area contributed by atoms with E-state index in [1.165, 1.54) is 61.4 Å². The smallest absolute Gasteiger partial charge is 0.0870 e. The van der Waals surface area contributed by atoms with E-state index in [9.17, 15) is 0 Å². The van der Waals surface area contributed by atoms with E-state index in [1.54, 1.807) is 11.1 Å². The van der Waals surface area contributed by atoms with Gasteiger partial charge in [-0.3, -0.25) is 0 Å². The van der Waals surface area contributed by atoms with Gasteiger partial charge in [-0.05, 0) is 85.5 Å². The largest absolute Gasteiger partial charge is 0.137 e. The van der Waals surface area contributed by atoms with Crippen molar-refractivity contribution in [1.29, 1.82) is 0 Å². The molecule has 3 aliphatic rings. The molecule has 2 heteroatoms. The van der Waals surface area contributed by atoms with Crippen LogP contribution in [0.2, 0.25) is 0 Å². The van der Waals surface area contributed by atoms with Crippen molar-refractivity contribution in [3.8, 4) is 0 Å². The molecular formula is C19H24BP. The first kappa shape index (κ1) is 14.1. The molecule has 1 unspecified atom stereocenters. The second-order valence-electron chi connectivity index (χ2n) is 7.37. The van der Waals surface area contributed by atoms with Gasteiger partial charge in [0.25, 0.3) is 0 Å². The van der Waals surface area contributed by atoms with Crippen molar-refractivity contribution in [2.45, 2.75) is 57.2 Å². The number of hydrogen-bond acceptors (Lipinski definition) is 0. The van der Waals surface area contributed by atoms with E-state index in [0.29, 0.717) is 5.41 Å². The topological polar surface area (TPSA) is 0 Å². The van der Waals surface area contributed by atoms with Crippen LogP contribution in [0.3, 0.4) is 0 Å². The average molecular weight is 294 g/mol. The lowest BCUT2D eigenvalue weighted by Gasteiger charge is -2.49. The Morgan fingerprint density at radius 2 is 1.95 bits per heavy atom. The van der Waals surface area contributed by atoms with Crippen LogP contribution in [-0.2, 0) is 11.7 Å².